The lowest BCUT2D eigenvalue weighted by Gasteiger charge is -2.31. The van der Waals surface area contributed by atoms with Gasteiger partial charge in [0.25, 0.3) is 5.91 Å². The molecule has 15 heavy (non-hydrogen) atoms. The summed E-state index contributed by atoms with van der Waals surface area (Å²) >= 11 is 0. The van der Waals surface area contributed by atoms with Gasteiger partial charge < -0.3 is 14.6 Å². The zero-order chi connectivity index (χ0) is 10.8. The number of rotatable bonds is 1. The molecule has 0 aliphatic carbocycles. The minimum Gasteiger partial charge on any atom is -0.456 e. The van der Waals surface area contributed by atoms with E-state index in [9.17, 15) is 4.79 Å². The molecule has 1 aromatic heterocycles. The molecule has 1 aromatic rings. The number of amides is 1. The van der Waals surface area contributed by atoms with Crippen molar-refractivity contribution in [1.82, 2.24) is 10.2 Å². The zero-order valence-electron chi connectivity index (χ0n) is 9.12. The van der Waals surface area contributed by atoms with Crippen molar-refractivity contribution < 1.29 is 9.21 Å². The normalized spacial score (nSPS) is 21.7. The van der Waals surface area contributed by atoms with E-state index in [2.05, 4.69) is 12.2 Å². The highest BCUT2D eigenvalue weighted by atomic mass is 16.3. The highest BCUT2D eigenvalue weighted by Gasteiger charge is 2.23. The molecule has 1 saturated heterocycles. The molecule has 82 valence electrons. The molecule has 1 fully saturated rings. The van der Waals surface area contributed by atoms with Crippen LogP contribution in [0.4, 0.5) is 0 Å². The molecule has 0 aromatic carbocycles. The van der Waals surface area contributed by atoms with Crippen molar-refractivity contribution >= 4 is 5.91 Å². The van der Waals surface area contributed by atoms with Gasteiger partial charge in [0.2, 0.25) is 0 Å². The Balaban J connectivity index is 2.07. The summed E-state index contributed by atoms with van der Waals surface area (Å²) in [6, 6.07) is 3.92. The van der Waals surface area contributed by atoms with E-state index in [1.807, 2.05) is 17.9 Å². The van der Waals surface area contributed by atoms with Gasteiger partial charge in [-0.3, -0.25) is 4.79 Å². The van der Waals surface area contributed by atoms with E-state index in [0.29, 0.717) is 11.8 Å². The van der Waals surface area contributed by atoms with E-state index in [1.54, 1.807) is 6.07 Å². The Morgan fingerprint density at radius 2 is 2.40 bits per heavy atom. The highest BCUT2D eigenvalue weighted by Crippen LogP contribution is 2.11. The van der Waals surface area contributed by atoms with Crippen molar-refractivity contribution in [1.29, 1.82) is 0 Å². The first kappa shape index (κ1) is 10.2. The number of nitrogens with one attached hydrogen (secondary N) is 1. The summed E-state index contributed by atoms with van der Waals surface area (Å²) in [7, 11) is 0. The van der Waals surface area contributed by atoms with Crippen molar-refractivity contribution in [2.24, 2.45) is 0 Å². The Labute approximate surface area is 89.2 Å². The van der Waals surface area contributed by atoms with Crippen LogP contribution in [0.15, 0.2) is 16.5 Å². The maximum Gasteiger partial charge on any atom is 0.289 e. The molecule has 2 rings (SSSR count). The Hall–Kier alpha value is -1.29. The number of aryl methyl sites for hydroxylation is 1. The van der Waals surface area contributed by atoms with Crippen molar-refractivity contribution in [3.05, 3.63) is 23.7 Å². The third kappa shape index (κ3) is 2.21. The van der Waals surface area contributed by atoms with Gasteiger partial charge in [-0.05, 0) is 26.0 Å². The van der Waals surface area contributed by atoms with Crippen LogP contribution < -0.4 is 5.32 Å². The minimum atomic E-state index is -0.00329. The van der Waals surface area contributed by atoms with E-state index in [1.165, 1.54) is 0 Å². The third-order valence-corrected chi connectivity index (χ3v) is 2.61. The van der Waals surface area contributed by atoms with Crippen molar-refractivity contribution in [3.8, 4) is 0 Å². The molecule has 2 heterocycles. The summed E-state index contributed by atoms with van der Waals surface area (Å²) in [4.78, 5) is 13.8. The van der Waals surface area contributed by atoms with Gasteiger partial charge >= 0.3 is 0 Å². The predicted octanol–water partition coefficient (Wildman–Crippen LogP) is 1.02. The SMILES string of the molecule is Cc1ccc(C(=O)N2CCNC(C)C2)o1. The van der Waals surface area contributed by atoms with E-state index < -0.39 is 0 Å². The molecule has 1 N–H and O–H groups in total. The largest absolute Gasteiger partial charge is 0.456 e. The highest BCUT2D eigenvalue weighted by molar-refractivity contribution is 5.91. The van der Waals surface area contributed by atoms with E-state index in [4.69, 9.17) is 4.42 Å². The van der Waals surface area contributed by atoms with Crippen LogP contribution in [-0.4, -0.2) is 36.5 Å². The second-order valence-electron chi connectivity index (χ2n) is 4.02. The van der Waals surface area contributed by atoms with E-state index in [-0.39, 0.29) is 5.91 Å². The number of carbonyl (C=O) groups excluding carboxylic acids is 1. The summed E-state index contributed by atoms with van der Waals surface area (Å²) in [5.41, 5.74) is 0. The first-order valence-corrected chi connectivity index (χ1v) is 5.26. The molecule has 4 nitrogen and oxygen atoms in total. The number of nitrogens with zero attached hydrogens (tertiary/aromatic N) is 1. The lowest BCUT2D eigenvalue weighted by molar-refractivity contribution is 0.0675. The van der Waals surface area contributed by atoms with Gasteiger partial charge in [0, 0.05) is 25.7 Å². The summed E-state index contributed by atoms with van der Waals surface area (Å²) in [6.45, 7) is 6.28. The van der Waals surface area contributed by atoms with Gasteiger partial charge in [-0.2, -0.15) is 0 Å². The number of carbonyl (C=O) groups is 1. The molecule has 1 amide bonds. The Morgan fingerprint density at radius 1 is 1.60 bits per heavy atom. The van der Waals surface area contributed by atoms with E-state index in [0.717, 1.165) is 25.4 Å². The lowest BCUT2D eigenvalue weighted by Crippen LogP contribution is -2.51. The molecule has 1 aliphatic heterocycles. The zero-order valence-corrected chi connectivity index (χ0v) is 9.12. The maximum absolute atomic E-state index is 12.0. The van der Waals surface area contributed by atoms with Crippen molar-refractivity contribution in [2.75, 3.05) is 19.6 Å². The molecule has 0 radical (unpaired) electrons. The maximum atomic E-state index is 12.0. The number of furan rings is 1. The van der Waals surface area contributed by atoms with Crippen LogP contribution in [0.1, 0.15) is 23.2 Å². The van der Waals surface area contributed by atoms with Crippen LogP contribution in [0, 0.1) is 6.92 Å². The summed E-state index contributed by atoms with van der Waals surface area (Å²) < 4.78 is 5.32. The van der Waals surface area contributed by atoms with Crippen LogP contribution in [0.25, 0.3) is 0 Å². The fraction of sp³-hybridized carbons (Fsp3) is 0.545. The molecule has 0 saturated carbocycles. The number of hydrogen-bond donors (Lipinski definition) is 1. The smallest absolute Gasteiger partial charge is 0.289 e. The van der Waals surface area contributed by atoms with Gasteiger partial charge in [-0.25, -0.2) is 0 Å². The number of piperazine rings is 1. The minimum absolute atomic E-state index is 0.00329. The van der Waals surface area contributed by atoms with Crippen LogP contribution in [0.2, 0.25) is 0 Å². The quantitative estimate of drug-likeness (QED) is 0.749. The van der Waals surface area contributed by atoms with Gasteiger partial charge in [0.1, 0.15) is 5.76 Å². The third-order valence-electron chi connectivity index (χ3n) is 2.61. The summed E-state index contributed by atoms with van der Waals surface area (Å²) in [5, 5.41) is 3.30. The van der Waals surface area contributed by atoms with E-state index >= 15 is 0 Å². The monoisotopic (exact) mass is 208 g/mol. The standard InChI is InChI=1S/C11H16N2O2/c1-8-7-13(6-5-12-8)11(14)10-4-3-9(2)15-10/h3-4,8,12H,5-7H2,1-2H3. The average Bonchev–Trinajstić information content (AvgIpc) is 2.64. The molecular weight excluding hydrogens is 192 g/mol. The van der Waals surface area contributed by atoms with Gasteiger partial charge in [-0.1, -0.05) is 0 Å². The number of hydrogen-bond acceptors (Lipinski definition) is 3. The van der Waals surface area contributed by atoms with Crippen molar-refractivity contribution in [2.45, 2.75) is 19.9 Å². The van der Waals surface area contributed by atoms with Crippen LogP contribution in [-0.2, 0) is 0 Å². The molecule has 4 heteroatoms. The Kier molecular flexibility index (Phi) is 2.77. The average molecular weight is 208 g/mol. The van der Waals surface area contributed by atoms with Gasteiger partial charge in [-0.15, -0.1) is 0 Å². The van der Waals surface area contributed by atoms with Crippen LogP contribution in [0.5, 0.6) is 0 Å². The Morgan fingerprint density at radius 3 is 3.00 bits per heavy atom. The molecule has 1 aliphatic rings. The summed E-state index contributed by atoms with van der Waals surface area (Å²) in [6.07, 6.45) is 0. The first-order valence-electron chi connectivity index (χ1n) is 5.26. The Bertz CT molecular complexity index is 359. The van der Waals surface area contributed by atoms with Gasteiger partial charge in [0.15, 0.2) is 5.76 Å². The topological polar surface area (TPSA) is 45.5 Å². The fourth-order valence-corrected chi connectivity index (χ4v) is 1.82. The second-order valence-corrected chi connectivity index (χ2v) is 4.02. The molecule has 0 bridgehead atoms. The molecule has 0 spiro atoms. The van der Waals surface area contributed by atoms with Gasteiger partial charge in [0.05, 0.1) is 0 Å². The van der Waals surface area contributed by atoms with Crippen LogP contribution >= 0.6 is 0 Å². The summed E-state index contributed by atoms with van der Waals surface area (Å²) in [5.74, 6) is 1.22. The first-order chi connectivity index (χ1) is 7.16. The fourth-order valence-electron chi connectivity index (χ4n) is 1.82. The second kappa shape index (κ2) is 4.06. The molecule has 1 atom stereocenters. The van der Waals surface area contributed by atoms with Crippen molar-refractivity contribution in [3.63, 3.8) is 0 Å². The van der Waals surface area contributed by atoms with Crippen LogP contribution in [0.3, 0.4) is 0 Å². The molecular formula is C11H16N2O2. The predicted molar refractivity (Wildman–Crippen MR) is 56.8 cm³/mol. The molecule has 1 unspecified atom stereocenters. The lowest BCUT2D eigenvalue weighted by atomic mass is 10.2.